The minimum atomic E-state index is -0.615. The number of rotatable bonds is 3. The first-order valence-electron chi connectivity index (χ1n) is 8.34. The minimum absolute atomic E-state index is 0.0711. The number of ketones is 2. The van der Waals surface area contributed by atoms with Crippen LogP contribution in [0.15, 0.2) is 66.7 Å². The molecule has 0 fully saturated rings. The summed E-state index contributed by atoms with van der Waals surface area (Å²) in [5, 5.41) is 13.5. The van der Waals surface area contributed by atoms with Gasteiger partial charge in [0.05, 0.1) is 16.2 Å². The van der Waals surface area contributed by atoms with E-state index in [9.17, 15) is 24.5 Å². The monoisotopic (exact) mass is 372 g/mol. The molecule has 1 aliphatic rings. The second-order valence-electron chi connectivity index (χ2n) is 6.19. The van der Waals surface area contributed by atoms with Gasteiger partial charge in [0.15, 0.2) is 11.6 Å². The highest BCUT2D eigenvalue weighted by Crippen LogP contribution is 2.32. The number of nitro benzene ring substituents is 1. The summed E-state index contributed by atoms with van der Waals surface area (Å²) in [6.45, 7) is 0. The van der Waals surface area contributed by atoms with E-state index in [1.165, 1.54) is 30.3 Å². The van der Waals surface area contributed by atoms with E-state index in [2.05, 4.69) is 5.32 Å². The van der Waals surface area contributed by atoms with E-state index in [-0.39, 0.29) is 45.2 Å². The minimum Gasteiger partial charge on any atom is -0.321 e. The van der Waals surface area contributed by atoms with Crippen molar-refractivity contribution in [1.29, 1.82) is 0 Å². The van der Waals surface area contributed by atoms with E-state index in [0.717, 1.165) is 6.07 Å². The molecule has 0 radical (unpaired) electrons. The molecule has 7 heteroatoms. The maximum atomic E-state index is 12.9. The Labute approximate surface area is 158 Å². The van der Waals surface area contributed by atoms with Gasteiger partial charge >= 0.3 is 0 Å². The van der Waals surface area contributed by atoms with Gasteiger partial charge in [0.2, 0.25) is 0 Å². The predicted octanol–water partition coefficient (Wildman–Crippen LogP) is 3.62. The van der Waals surface area contributed by atoms with Gasteiger partial charge in [-0.1, -0.05) is 42.5 Å². The number of nitrogens with zero attached hydrogens (tertiary/aromatic N) is 1. The third-order valence-corrected chi connectivity index (χ3v) is 4.52. The molecule has 3 aromatic carbocycles. The van der Waals surface area contributed by atoms with Crippen LogP contribution in [0.2, 0.25) is 0 Å². The van der Waals surface area contributed by atoms with E-state index in [1.54, 1.807) is 30.3 Å². The zero-order valence-corrected chi connectivity index (χ0v) is 14.3. The molecule has 1 aliphatic carbocycles. The lowest BCUT2D eigenvalue weighted by atomic mass is 9.83. The van der Waals surface area contributed by atoms with Crippen LogP contribution in [0.3, 0.4) is 0 Å². The van der Waals surface area contributed by atoms with Crippen LogP contribution in [0.5, 0.6) is 0 Å². The fraction of sp³-hybridized carbons (Fsp3) is 0. The molecule has 3 aromatic rings. The third-order valence-electron chi connectivity index (χ3n) is 4.52. The molecule has 0 aromatic heterocycles. The molecule has 0 saturated carbocycles. The van der Waals surface area contributed by atoms with Crippen LogP contribution in [0, 0.1) is 10.1 Å². The maximum Gasteiger partial charge on any atom is 0.270 e. The van der Waals surface area contributed by atoms with Crippen LogP contribution in [0.1, 0.15) is 42.2 Å². The van der Waals surface area contributed by atoms with Gasteiger partial charge in [-0.25, -0.2) is 0 Å². The first-order valence-corrected chi connectivity index (χ1v) is 8.34. The van der Waals surface area contributed by atoms with Crippen molar-refractivity contribution in [2.75, 3.05) is 5.32 Å². The van der Waals surface area contributed by atoms with Gasteiger partial charge < -0.3 is 5.32 Å². The number of anilines is 1. The van der Waals surface area contributed by atoms with Crippen molar-refractivity contribution in [2.45, 2.75) is 0 Å². The number of hydrogen-bond acceptors (Lipinski definition) is 5. The number of fused-ring (bicyclic) bond motifs is 2. The summed E-state index contributed by atoms with van der Waals surface area (Å²) in [6.07, 6.45) is 0. The number of nitrogens with one attached hydrogen (secondary N) is 1. The molecule has 0 bridgehead atoms. The molecule has 136 valence electrons. The highest BCUT2D eigenvalue weighted by molar-refractivity contribution is 6.30. The summed E-state index contributed by atoms with van der Waals surface area (Å²) in [5.41, 5.74) is 0.955. The van der Waals surface area contributed by atoms with Gasteiger partial charge in [0, 0.05) is 34.4 Å². The third kappa shape index (κ3) is 2.75. The highest BCUT2D eigenvalue weighted by atomic mass is 16.6. The maximum absolute atomic E-state index is 12.9. The van der Waals surface area contributed by atoms with Crippen molar-refractivity contribution in [2.24, 2.45) is 0 Å². The standard InChI is InChI=1S/C21H12N2O5/c24-19-14-7-1-2-8-15(14)20(25)18-16(19)9-4-10-17(18)22-21(26)12-5-3-6-13(11-12)23(27)28/h1-11H,(H,22,26). The molecule has 0 spiro atoms. The molecule has 0 aliphatic heterocycles. The Morgan fingerprint density at radius 3 is 2.18 bits per heavy atom. The summed E-state index contributed by atoms with van der Waals surface area (Å²) in [4.78, 5) is 48.6. The van der Waals surface area contributed by atoms with E-state index in [4.69, 9.17) is 0 Å². The first kappa shape index (κ1) is 17.3. The molecular formula is C21H12N2O5. The number of amides is 1. The van der Waals surface area contributed by atoms with Gasteiger partial charge in [-0.3, -0.25) is 24.5 Å². The van der Waals surface area contributed by atoms with Crippen LogP contribution < -0.4 is 5.32 Å². The molecule has 0 heterocycles. The van der Waals surface area contributed by atoms with Crippen LogP contribution in [-0.2, 0) is 0 Å². The van der Waals surface area contributed by atoms with Crippen LogP contribution >= 0.6 is 0 Å². The van der Waals surface area contributed by atoms with Crippen molar-refractivity contribution < 1.29 is 19.3 Å². The average molecular weight is 372 g/mol. The molecular weight excluding hydrogens is 360 g/mol. The quantitative estimate of drug-likeness (QED) is 0.437. The zero-order valence-electron chi connectivity index (χ0n) is 14.3. The Hall–Kier alpha value is -4.13. The Balaban J connectivity index is 1.74. The lowest BCUT2D eigenvalue weighted by Crippen LogP contribution is -2.23. The number of benzene rings is 3. The Morgan fingerprint density at radius 1 is 0.821 bits per heavy atom. The van der Waals surface area contributed by atoms with Crippen molar-refractivity contribution in [3.05, 3.63) is 105 Å². The fourth-order valence-corrected chi connectivity index (χ4v) is 3.20. The summed E-state index contributed by atoms with van der Waals surface area (Å²) < 4.78 is 0. The van der Waals surface area contributed by atoms with E-state index >= 15 is 0 Å². The van der Waals surface area contributed by atoms with Crippen molar-refractivity contribution in [3.63, 3.8) is 0 Å². The van der Waals surface area contributed by atoms with Crippen molar-refractivity contribution in [1.82, 2.24) is 0 Å². The van der Waals surface area contributed by atoms with Gasteiger partial charge in [-0.05, 0) is 12.1 Å². The molecule has 4 rings (SSSR count). The van der Waals surface area contributed by atoms with Gasteiger partial charge in [0.25, 0.3) is 11.6 Å². The molecule has 0 saturated heterocycles. The largest absolute Gasteiger partial charge is 0.321 e. The molecule has 0 atom stereocenters. The van der Waals surface area contributed by atoms with Gasteiger partial charge in [0.1, 0.15) is 0 Å². The lowest BCUT2D eigenvalue weighted by Gasteiger charge is -2.20. The van der Waals surface area contributed by atoms with Crippen LogP contribution in [0.4, 0.5) is 11.4 Å². The van der Waals surface area contributed by atoms with E-state index < -0.39 is 10.8 Å². The average Bonchev–Trinajstić information content (AvgIpc) is 2.72. The topological polar surface area (TPSA) is 106 Å². The SMILES string of the molecule is O=C(Nc1cccc2c1C(=O)c1ccccc1C2=O)c1cccc([N+](=O)[O-])c1. The predicted molar refractivity (Wildman–Crippen MR) is 101 cm³/mol. The molecule has 7 nitrogen and oxygen atoms in total. The van der Waals surface area contributed by atoms with E-state index in [0.29, 0.717) is 5.56 Å². The van der Waals surface area contributed by atoms with Gasteiger partial charge in [-0.2, -0.15) is 0 Å². The van der Waals surface area contributed by atoms with Crippen LogP contribution in [0.25, 0.3) is 0 Å². The lowest BCUT2D eigenvalue weighted by molar-refractivity contribution is -0.384. The number of hydrogen-bond donors (Lipinski definition) is 1. The first-order chi connectivity index (χ1) is 13.5. The second-order valence-corrected chi connectivity index (χ2v) is 6.19. The smallest absolute Gasteiger partial charge is 0.270 e. The zero-order chi connectivity index (χ0) is 19.8. The molecule has 0 unspecified atom stereocenters. The van der Waals surface area contributed by atoms with E-state index in [1.807, 2.05) is 0 Å². The number of non-ortho nitro benzene ring substituents is 1. The van der Waals surface area contributed by atoms with Crippen molar-refractivity contribution >= 4 is 28.8 Å². The molecule has 1 amide bonds. The normalized spacial score (nSPS) is 12.1. The Kier molecular flexibility index (Phi) is 4.04. The summed E-state index contributed by atoms with van der Waals surface area (Å²) in [7, 11) is 0. The highest BCUT2D eigenvalue weighted by Gasteiger charge is 2.31. The Bertz CT molecular complexity index is 1180. The summed E-state index contributed by atoms with van der Waals surface area (Å²) >= 11 is 0. The number of carbonyl (C=O) groups is 3. The molecule has 1 N–H and O–H groups in total. The summed E-state index contributed by atoms with van der Waals surface area (Å²) in [5.74, 6) is -1.27. The van der Waals surface area contributed by atoms with Crippen molar-refractivity contribution in [3.8, 4) is 0 Å². The fourth-order valence-electron chi connectivity index (χ4n) is 3.20. The number of carbonyl (C=O) groups excluding carboxylic acids is 3. The number of nitro groups is 1. The Morgan fingerprint density at radius 2 is 1.46 bits per heavy atom. The van der Waals surface area contributed by atoms with Gasteiger partial charge in [-0.15, -0.1) is 0 Å². The molecule has 28 heavy (non-hydrogen) atoms. The summed E-state index contributed by atoms with van der Waals surface area (Å²) in [6, 6.07) is 16.4. The van der Waals surface area contributed by atoms with Crippen LogP contribution in [-0.4, -0.2) is 22.4 Å². The second kappa shape index (κ2) is 6.55.